The van der Waals surface area contributed by atoms with Crippen molar-refractivity contribution in [3.8, 4) is 0 Å². The lowest BCUT2D eigenvalue weighted by atomic mass is 10.1. The lowest BCUT2D eigenvalue weighted by Crippen LogP contribution is -2.39. The van der Waals surface area contributed by atoms with Crippen molar-refractivity contribution >= 4 is 5.91 Å². The zero-order chi connectivity index (χ0) is 14.4. The van der Waals surface area contributed by atoms with E-state index in [2.05, 4.69) is 40.7 Å². The van der Waals surface area contributed by atoms with Gasteiger partial charge < -0.3 is 10.6 Å². The van der Waals surface area contributed by atoms with Crippen molar-refractivity contribution in [3.63, 3.8) is 0 Å². The van der Waals surface area contributed by atoms with Crippen molar-refractivity contribution in [2.75, 3.05) is 32.7 Å². The number of carbonyl (C=O) groups excluding carboxylic acids is 1. The van der Waals surface area contributed by atoms with Crippen LogP contribution in [0.3, 0.4) is 0 Å². The van der Waals surface area contributed by atoms with Crippen LogP contribution < -0.4 is 10.6 Å². The minimum absolute atomic E-state index is 0.0625. The first-order chi connectivity index (χ1) is 9.65. The molecule has 1 aliphatic heterocycles. The van der Waals surface area contributed by atoms with Crippen molar-refractivity contribution in [2.45, 2.75) is 26.3 Å². The molecule has 1 aromatic carbocycles. The zero-order valence-electron chi connectivity index (χ0n) is 12.5. The molecule has 0 bridgehead atoms. The van der Waals surface area contributed by atoms with E-state index >= 15 is 0 Å². The van der Waals surface area contributed by atoms with Crippen LogP contribution in [0, 0.1) is 6.92 Å². The number of rotatable bonds is 4. The van der Waals surface area contributed by atoms with Gasteiger partial charge in [0.05, 0.1) is 12.6 Å². The van der Waals surface area contributed by atoms with E-state index in [4.69, 9.17) is 0 Å². The molecule has 20 heavy (non-hydrogen) atoms. The summed E-state index contributed by atoms with van der Waals surface area (Å²) in [4.78, 5) is 14.3. The summed E-state index contributed by atoms with van der Waals surface area (Å²) in [6.45, 7) is 8.58. The molecule has 0 aliphatic carbocycles. The summed E-state index contributed by atoms with van der Waals surface area (Å²) < 4.78 is 0. The molecule has 1 amide bonds. The van der Waals surface area contributed by atoms with Crippen molar-refractivity contribution < 1.29 is 4.79 Å². The van der Waals surface area contributed by atoms with Crippen molar-refractivity contribution in [3.05, 3.63) is 35.4 Å². The number of aryl methyl sites for hydroxylation is 1. The Balaban J connectivity index is 1.84. The van der Waals surface area contributed by atoms with Crippen LogP contribution in [0.2, 0.25) is 0 Å². The fourth-order valence-electron chi connectivity index (χ4n) is 2.57. The third-order valence-electron chi connectivity index (χ3n) is 3.72. The Hall–Kier alpha value is -1.39. The maximum atomic E-state index is 12.1. The standard InChI is InChI=1S/C16H25N3O/c1-13-5-3-6-15(11-13)14(2)18-16(20)12-19-9-4-7-17-8-10-19/h3,5-6,11,14,17H,4,7-10,12H2,1-2H3,(H,18,20)/t14-/m1/s1. The predicted molar refractivity (Wildman–Crippen MR) is 81.7 cm³/mol. The van der Waals surface area contributed by atoms with E-state index in [1.54, 1.807) is 0 Å². The first kappa shape index (κ1) is 15.0. The molecular formula is C16H25N3O. The van der Waals surface area contributed by atoms with Gasteiger partial charge in [-0.1, -0.05) is 29.8 Å². The third kappa shape index (κ3) is 4.62. The van der Waals surface area contributed by atoms with Gasteiger partial charge in [-0.2, -0.15) is 0 Å². The van der Waals surface area contributed by atoms with E-state index in [9.17, 15) is 4.79 Å². The molecule has 1 aliphatic rings. The minimum Gasteiger partial charge on any atom is -0.348 e. The normalized spacial score (nSPS) is 18.3. The summed E-state index contributed by atoms with van der Waals surface area (Å²) >= 11 is 0. The zero-order valence-corrected chi connectivity index (χ0v) is 12.5. The highest BCUT2D eigenvalue weighted by atomic mass is 16.2. The number of amides is 1. The fourth-order valence-corrected chi connectivity index (χ4v) is 2.57. The summed E-state index contributed by atoms with van der Waals surface area (Å²) in [5.74, 6) is 0.112. The number of hydrogen-bond acceptors (Lipinski definition) is 3. The molecule has 1 atom stereocenters. The molecule has 1 saturated heterocycles. The van der Waals surface area contributed by atoms with Crippen LogP contribution in [0.5, 0.6) is 0 Å². The van der Waals surface area contributed by atoms with Crippen LogP contribution >= 0.6 is 0 Å². The number of benzene rings is 1. The average molecular weight is 275 g/mol. The van der Waals surface area contributed by atoms with Gasteiger partial charge in [0.2, 0.25) is 5.91 Å². The molecule has 0 radical (unpaired) electrons. The Morgan fingerprint density at radius 3 is 3.05 bits per heavy atom. The molecule has 4 nitrogen and oxygen atoms in total. The molecule has 4 heteroatoms. The second-order valence-corrected chi connectivity index (χ2v) is 5.58. The summed E-state index contributed by atoms with van der Waals surface area (Å²) in [6.07, 6.45) is 1.11. The highest BCUT2D eigenvalue weighted by Gasteiger charge is 2.15. The van der Waals surface area contributed by atoms with Gasteiger partial charge in [-0.05, 0) is 38.9 Å². The van der Waals surface area contributed by atoms with Crippen LogP contribution in [-0.4, -0.2) is 43.5 Å². The topological polar surface area (TPSA) is 44.4 Å². The van der Waals surface area contributed by atoms with Crippen molar-refractivity contribution in [2.24, 2.45) is 0 Å². The van der Waals surface area contributed by atoms with Gasteiger partial charge in [0.25, 0.3) is 0 Å². The molecule has 0 aromatic heterocycles. The Bertz CT molecular complexity index is 439. The summed E-state index contributed by atoms with van der Waals surface area (Å²) in [5, 5.41) is 6.44. The Kier molecular flexibility index (Phi) is 5.56. The molecule has 0 saturated carbocycles. The number of carbonyl (C=O) groups is 1. The molecule has 2 rings (SSSR count). The van der Waals surface area contributed by atoms with E-state index in [-0.39, 0.29) is 11.9 Å². The maximum Gasteiger partial charge on any atom is 0.234 e. The monoisotopic (exact) mass is 275 g/mol. The van der Waals surface area contributed by atoms with Gasteiger partial charge in [-0.25, -0.2) is 0 Å². The summed E-state index contributed by atoms with van der Waals surface area (Å²) in [7, 11) is 0. The molecule has 0 unspecified atom stereocenters. The highest BCUT2D eigenvalue weighted by molar-refractivity contribution is 5.78. The largest absolute Gasteiger partial charge is 0.348 e. The van der Waals surface area contributed by atoms with Crippen LogP contribution in [0.25, 0.3) is 0 Å². The molecule has 1 fully saturated rings. The lowest BCUT2D eigenvalue weighted by molar-refractivity contribution is -0.122. The van der Waals surface area contributed by atoms with E-state index in [0.717, 1.165) is 38.2 Å². The van der Waals surface area contributed by atoms with Crippen LogP contribution in [0.15, 0.2) is 24.3 Å². The maximum absolute atomic E-state index is 12.1. The van der Waals surface area contributed by atoms with E-state index in [1.807, 2.05) is 13.0 Å². The summed E-state index contributed by atoms with van der Waals surface area (Å²) in [5.41, 5.74) is 2.39. The van der Waals surface area contributed by atoms with Gasteiger partial charge in [-0.15, -0.1) is 0 Å². The molecule has 110 valence electrons. The van der Waals surface area contributed by atoms with E-state index in [1.165, 1.54) is 5.56 Å². The second-order valence-electron chi connectivity index (χ2n) is 5.58. The highest BCUT2D eigenvalue weighted by Crippen LogP contribution is 2.13. The van der Waals surface area contributed by atoms with Crippen LogP contribution in [0.4, 0.5) is 0 Å². The van der Waals surface area contributed by atoms with Gasteiger partial charge in [-0.3, -0.25) is 9.69 Å². The first-order valence-electron chi connectivity index (χ1n) is 7.44. The SMILES string of the molecule is Cc1cccc([C@@H](C)NC(=O)CN2CCCNCC2)c1. The van der Waals surface area contributed by atoms with Gasteiger partial charge in [0, 0.05) is 13.1 Å². The van der Waals surface area contributed by atoms with Crippen LogP contribution in [0.1, 0.15) is 30.5 Å². The molecular weight excluding hydrogens is 250 g/mol. The van der Waals surface area contributed by atoms with Crippen molar-refractivity contribution in [1.29, 1.82) is 0 Å². The Morgan fingerprint density at radius 2 is 2.25 bits per heavy atom. The molecule has 1 heterocycles. The fraction of sp³-hybridized carbons (Fsp3) is 0.562. The van der Waals surface area contributed by atoms with Crippen molar-refractivity contribution in [1.82, 2.24) is 15.5 Å². The minimum atomic E-state index is 0.0625. The molecule has 0 spiro atoms. The van der Waals surface area contributed by atoms with E-state index < -0.39 is 0 Å². The average Bonchev–Trinajstić information content (AvgIpc) is 2.67. The number of hydrogen-bond donors (Lipinski definition) is 2. The number of nitrogens with zero attached hydrogens (tertiary/aromatic N) is 1. The van der Waals surface area contributed by atoms with Gasteiger partial charge in [0.15, 0.2) is 0 Å². The molecule has 1 aromatic rings. The Morgan fingerprint density at radius 1 is 1.40 bits per heavy atom. The summed E-state index contributed by atoms with van der Waals surface area (Å²) in [6, 6.07) is 8.36. The lowest BCUT2D eigenvalue weighted by Gasteiger charge is -2.21. The van der Waals surface area contributed by atoms with Crippen LogP contribution in [-0.2, 0) is 4.79 Å². The smallest absolute Gasteiger partial charge is 0.234 e. The van der Waals surface area contributed by atoms with Gasteiger partial charge in [0.1, 0.15) is 0 Å². The van der Waals surface area contributed by atoms with E-state index in [0.29, 0.717) is 6.54 Å². The Labute approximate surface area is 121 Å². The third-order valence-corrected chi connectivity index (χ3v) is 3.72. The van der Waals surface area contributed by atoms with Gasteiger partial charge >= 0.3 is 0 Å². The predicted octanol–water partition coefficient (Wildman–Crippen LogP) is 1.47. The quantitative estimate of drug-likeness (QED) is 0.874. The number of nitrogens with one attached hydrogen (secondary N) is 2. The first-order valence-corrected chi connectivity index (χ1v) is 7.44. The molecule has 2 N–H and O–H groups in total. The second kappa shape index (κ2) is 7.41.